The van der Waals surface area contributed by atoms with Crippen molar-refractivity contribution in [3.05, 3.63) is 5.01 Å². The number of morpholine rings is 1. The van der Waals surface area contributed by atoms with Crippen LogP contribution in [0.25, 0.3) is 0 Å². The van der Waals surface area contributed by atoms with E-state index in [1.54, 1.807) is 0 Å². The summed E-state index contributed by atoms with van der Waals surface area (Å²) < 4.78 is 5.38. The van der Waals surface area contributed by atoms with E-state index in [9.17, 15) is 4.79 Å². The molecule has 1 N–H and O–H groups in total. The van der Waals surface area contributed by atoms with Crippen LogP contribution in [0.4, 0.5) is 5.13 Å². The summed E-state index contributed by atoms with van der Waals surface area (Å²) >= 11 is 1.33. The quantitative estimate of drug-likeness (QED) is 0.874. The maximum atomic E-state index is 12.5. The van der Waals surface area contributed by atoms with Crippen LogP contribution in [0.5, 0.6) is 0 Å². The van der Waals surface area contributed by atoms with Crippen molar-refractivity contribution < 1.29 is 9.53 Å². The molecule has 0 aliphatic carbocycles. The molecule has 8 heteroatoms. The van der Waals surface area contributed by atoms with E-state index in [1.807, 2.05) is 11.8 Å². The first kappa shape index (κ1) is 14.7. The smallest absolute Gasteiger partial charge is 0.284 e. The number of likely N-dealkylation sites (tertiary alicyclic amines) is 1. The minimum Gasteiger partial charge on any atom is -0.379 e. The van der Waals surface area contributed by atoms with E-state index < -0.39 is 0 Å². The molecule has 3 rings (SSSR count). The molecule has 2 aliphatic heterocycles. The van der Waals surface area contributed by atoms with Gasteiger partial charge in [-0.3, -0.25) is 9.69 Å². The average molecular weight is 311 g/mol. The van der Waals surface area contributed by atoms with Crippen molar-refractivity contribution in [2.24, 2.45) is 0 Å². The van der Waals surface area contributed by atoms with Crippen molar-refractivity contribution in [3.63, 3.8) is 0 Å². The van der Waals surface area contributed by atoms with Crippen LogP contribution < -0.4 is 5.32 Å². The lowest BCUT2D eigenvalue weighted by atomic mass is 10.2. The highest BCUT2D eigenvalue weighted by Crippen LogP contribution is 2.22. The Morgan fingerprint density at radius 3 is 2.95 bits per heavy atom. The van der Waals surface area contributed by atoms with Gasteiger partial charge in [0.25, 0.3) is 5.91 Å². The molecule has 1 amide bonds. The molecule has 21 heavy (non-hydrogen) atoms. The molecule has 2 fully saturated rings. The second-order valence-electron chi connectivity index (χ2n) is 5.28. The number of ether oxygens (including phenoxy) is 1. The lowest BCUT2D eigenvalue weighted by molar-refractivity contribution is 0.0185. The van der Waals surface area contributed by atoms with Crippen molar-refractivity contribution in [3.8, 4) is 0 Å². The van der Waals surface area contributed by atoms with E-state index in [2.05, 4.69) is 20.4 Å². The maximum absolute atomic E-state index is 12.5. The van der Waals surface area contributed by atoms with Gasteiger partial charge in [-0.1, -0.05) is 11.3 Å². The number of amides is 1. The van der Waals surface area contributed by atoms with Gasteiger partial charge in [-0.05, 0) is 13.3 Å². The molecular weight excluding hydrogens is 290 g/mol. The number of anilines is 1. The van der Waals surface area contributed by atoms with E-state index >= 15 is 0 Å². The molecule has 7 nitrogen and oxygen atoms in total. The van der Waals surface area contributed by atoms with E-state index in [1.165, 1.54) is 11.3 Å². The standard InChI is InChI=1S/C13H21N5O2S/c1-2-14-13-16-15-11(21-13)12(19)18-4-3-10(9-18)17-5-7-20-8-6-17/h10H,2-9H2,1H3,(H,14,16). The second-order valence-corrected chi connectivity index (χ2v) is 6.26. The first-order chi connectivity index (χ1) is 10.3. The van der Waals surface area contributed by atoms with Crippen LogP contribution in [0.2, 0.25) is 0 Å². The van der Waals surface area contributed by atoms with E-state index in [0.717, 1.165) is 52.4 Å². The Morgan fingerprint density at radius 2 is 2.19 bits per heavy atom. The van der Waals surface area contributed by atoms with Crippen molar-refractivity contribution in [2.75, 3.05) is 51.3 Å². The van der Waals surface area contributed by atoms with Crippen LogP contribution in [-0.4, -0.2) is 77.9 Å². The number of rotatable bonds is 4. The van der Waals surface area contributed by atoms with Crippen molar-refractivity contribution in [2.45, 2.75) is 19.4 Å². The highest BCUT2D eigenvalue weighted by Gasteiger charge is 2.32. The van der Waals surface area contributed by atoms with Gasteiger partial charge in [0.1, 0.15) is 0 Å². The lowest BCUT2D eigenvalue weighted by Gasteiger charge is -2.31. The molecule has 116 valence electrons. The van der Waals surface area contributed by atoms with Crippen molar-refractivity contribution in [1.82, 2.24) is 20.0 Å². The summed E-state index contributed by atoms with van der Waals surface area (Å²) in [5.41, 5.74) is 0. The molecule has 1 unspecified atom stereocenters. The van der Waals surface area contributed by atoms with Crippen LogP contribution >= 0.6 is 11.3 Å². The summed E-state index contributed by atoms with van der Waals surface area (Å²) in [7, 11) is 0. The van der Waals surface area contributed by atoms with Gasteiger partial charge < -0.3 is 15.0 Å². The Labute approximate surface area is 128 Å². The summed E-state index contributed by atoms with van der Waals surface area (Å²) in [5.74, 6) is 0.00686. The topological polar surface area (TPSA) is 70.6 Å². The van der Waals surface area contributed by atoms with Gasteiger partial charge in [0.15, 0.2) is 0 Å². The molecule has 0 saturated carbocycles. The van der Waals surface area contributed by atoms with Gasteiger partial charge >= 0.3 is 0 Å². The Hall–Kier alpha value is -1.25. The van der Waals surface area contributed by atoms with Gasteiger partial charge in [-0.2, -0.15) is 0 Å². The Balaban J connectivity index is 1.58. The van der Waals surface area contributed by atoms with Gasteiger partial charge in [-0.15, -0.1) is 10.2 Å². The zero-order valence-electron chi connectivity index (χ0n) is 12.2. The molecule has 3 heterocycles. The van der Waals surface area contributed by atoms with Crippen molar-refractivity contribution >= 4 is 22.4 Å². The number of hydrogen-bond acceptors (Lipinski definition) is 7. The monoisotopic (exact) mass is 311 g/mol. The third-order valence-electron chi connectivity index (χ3n) is 3.95. The Kier molecular flexibility index (Phi) is 4.67. The molecule has 1 aromatic heterocycles. The minimum absolute atomic E-state index is 0.00686. The Morgan fingerprint density at radius 1 is 1.38 bits per heavy atom. The molecule has 0 radical (unpaired) electrons. The number of aromatic nitrogens is 2. The number of nitrogens with zero attached hydrogens (tertiary/aromatic N) is 4. The highest BCUT2D eigenvalue weighted by molar-refractivity contribution is 7.17. The minimum atomic E-state index is 0.00686. The average Bonchev–Trinajstić information content (AvgIpc) is 3.17. The molecule has 2 saturated heterocycles. The summed E-state index contributed by atoms with van der Waals surface area (Å²) in [4.78, 5) is 16.8. The summed E-state index contributed by atoms with van der Waals surface area (Å²) in [6.07, 6.45) is 1.03. The molecule has 0 spiro atoms. The number of nitrogens with one attached hydrogen (secondary N) is 1. The zero-order valence-corrected chi connectivity index (χ0v) is 13.1. The largest absolute Gasteiger partial charge is 0.379 e. The number of carbonyl (C=O) groups is 1. The van der Waals surface area contributed by atoms with Crippen LogP contribution in [0, 0.1) is 0 Å². The lowest BCUT2D eigenvalue weighted by Crippen LogP contribution is -2.45. The van der Waals surface area contributed by atoms with Crippen LogP contribution in [0.3, 0.4) is 0 Å². The first-order valence-corrected chi connectivity index (χ1v) is 8.28. The Bertz CT molecular complexity index is 489. The molecule has 0 bridgehead atoms. The molecule has 1 atom stereocenters. The number of carbonyl (C=O) groups excluding carboxylic acids is 1. The predicted octanol–water partition coefficient (Wildman–Crippen LogP) is 0.517. The van der Waals surface area contributed by atoms with Gasteiger partial charge in [0, 0.05) is 38.8 Å². The van der Waals surface area contributed by atoms with E-state index in [-0.39, 0.29) is 5.91 Å². The SMILES string of the molecule is CCNc1nnc(C(=O)N2CCC(N3CCOCC3)C2)s1. The van der Waals surface area contributed by atoms with E-state index in [4.69, 9.17) is 4.74 Å². The molecule has 2 aliphatic rings. The van der Waals surface area contributed by atoms with E-state index in [0.29, 0.717) is 16.2 Å². The second kappa shape index (κ2) is 6.67. The highest BCUT2D eigenvalue weighted by atomic mass is 32.1. The maximum Gasteiger partial charge on any atom is 0.284 e. The van der Waals surface area contributed by atoms with Crippen molar-refractivity contribution in [1.29, 1.82) is 0 Å². The summed E-state index contributed by atoms with van der Waals surface area (Å²) in [5, 5.41) is 12.3. The fraction of sp³-hybridized carbons (Fsp3) is 0.769. The fourth-order valence-electron chi connectivity index (χ4n) is 2.83. The van der Waals surface area contributed by atoms with Gasteiger partial charge in [-0.25, -0.2) is 0 Å². The first-order valence-electron chi connectivity index (χ1n) is 7.46. The molecular formula is C13H21N5O2S. The molecule has 1 aromatic rings. The van der Waals surface area contributed by atoms with Crippen LogP contribution in [0.1, 0.15) is 23.1 Å². The molecule has 0 aromatic carbocycles. The van der Waals surface area contributed by atoms with Gasteiger partial charge in [0.05, 0.1) is 13.2 Å². The number of hydrogen-bond donors (Lipinski definition) is 1. The predicted molar refractivity (Wildman–Crippen MR) is 80.8 cm³/mol. The summed E-state index contributed by atoms with van der Waals surface area (Å²) in [6, 6.07) is 0.457. The zero-order chi connectivity index (χ0) is 14.7. The van der Waals surface area contributed by atoms with Crippen LogP contribution in [-0.2, 0) is 4.74 Å². The normalized spacial score (nSPS) is 23.5. The van der Waals surface area contributed by atoms with Gasteiger partial charge in [0.2, 0.25) is 10.1 Å². The van der Waals surface area contributed by atoms with Crippen LogP contribution in [0.15, 0.2) is 0 Å². The summed E-state index contributed by atoms with van der Waals surface area (Å²) in [6.45, 7) is 7.90. The third-order valence-corrected chi connectivity index (χ3v) is 4.82. The third kappa shape index (κ3) is 3.33. The fourth-order valence-corrected chi connectivity index (χ4v) is 3.61.